The van der Waals surface area contributed by atoms with Gasteiger partial charge in [0.1, 0.15) is 5.01 Å². The van der Waals surface area contributed by atoms with Crippen molar-refractivity contribution in [3.63, 3.8) is 0 Å². The van der Waals surface area contributed by atoms with Crippen LogP contribution in [0, 0.1) is 0 Å². The second-order valence-corrected chi connectivity index (χ2v) is 7.45. The molecule has 18 heavy (non-hydrogen) atoms. The van der Waals surface area contributed by atoms with Gasteiger partial charge in [0.2, 0.25) is 9.47 Å². The summed E-state index contributed by atoms with van der Waals surface area (Å²) in [4.78, 5) is 5.24. The molecule has 0 bridgehead atoms. The lowest BCUT2D eigenvalue weighted by atomic mass is 10.4. The predicted molar refractivity (Wildman–Crippen MR) is 69.8 cm³/mol. The van der Waals surface area contributed by atoms with E-state index in [0.717, 1.165) is 22.6 Å². The van der Waals surface area contributed by atoms with Crippen molar-refractivity contribution >= 4 is 37.8 Å². The monoisotopic (exact) mass is 305 g/mol. The van der Waals surface area contributed by atoms with Crippen LogP contribution in [0.4, 0.5) is 5.13 Å². The van der Waals surface area contributed by atoms with Gasteiger partial charge in [0, 0.05) is 11.1 Å². The van der Waals surface area contributed by atoms with E-state index < -0.39 is 10.0 Å². The van der Waals surface area contributed by atoms with Crippen LogP contribution < -0.4 is 10.5 Å². The first-order chi connectivity index (χ1) is 8.51. The standard InChI is InChI=1S/C8H11N5O2S3/c1-2-5-3-10-6(16-5)4-11-18(14,15)8-13-12-7(9)17-8/h3,11H,2,4H2,1H3,(H2,9,12). The fourth-order valence-electron chi connectivity index (χ4n) is 1.14. The van der Waals surface area contributed by atoms with Crippen LogP contribution >= 0.6 is 22.7 Å². The number of sulfonamides is 1. The lowest BCUT2D eigenvalue weighted by Crippen LogP contribution is -2.23. The molecule has 7 nitrogen and oxygen atoms in total. The van der Waals surface area contributed by atoms with Gasteiger partial charge in [-0.1, -0.05) is 18.3 Å². The summed E-state index contributed by atoms with van der Waals surface area (Å²) in [5.74, 6) is 0. The smallest absolute Gasteiger partial charge is 0.270 e. The van der Waals surface area contributed by atoms with Crippen molar-refractivity contribution in [2.75, 3.05) is 5.73 Å². The van der Waals surface area contributed by atoms with Gasteiger partial charge >= 0.3 is 0 Å². The number of aromatic nitrogens is 3. The number of nitrogens with two attached hydrogens (primary N) is 1. The Balaban J connectivity index is 2.05. The molecule has 0 saturated heterocycles. The molecule has 0 unspecified atom stereocenters. The Hall–Kier alpha value is -1.10. The quantitative estimate of drug-likeness (QED) is 0.837. The van der Waals surface area contributed by atoms with Crippen molar-refractivity contribution in [3.05, 3.63) is 16.1 Å². The number of nitrogen functional groups attached to an aromatic ring is 1. The van der Waals surface area contributed by atoms with Gasteiger partial charge in [-0.15, -0.1) is 21.5 Å². The zero-order valence-electron chi connectivity index (χ0n) is 9.45. The Morgan fingerprint density at radius 2 is 2.17 bits per heavy atom. The number of thiazole rings is 1. The molecule has 2 aromatic heterocycles. The zero-order valence-corrected chi connectivity index (χ0v) is 11.9. The Morgan fingerprint density at radius 3 is 2.72 bits per heavy atom. The molecule has 2 heterocycles. The zero-order chi connectivity index (χ0) is 13.2. The van der Waals surface area contributed by atoms with Crippen LogP contribution in [0.3, 0.4) is 0 Å². The molecule has 0 amide bonds. The molecule has 3 N–H and O–H groups in total. The molecule has 0 aliphatic heterocycles. The summed E-state index contributed by atoms with van der Waals surface area (Å²) in [6.45, 7) is 2.16. The fraction of sp³-hybridized carbons (Fsp3) is 0.375. The van der Waals surface area contributed by atoms with E-state index in [1.807, 2.05) is 6.92 Å². The molecule has 2 rings (SSSR count). The fourth-order valence-corrected chi connectivity index (χ4v) is 3.85. The Morgan fingerprint density at radius 1 is 1.39 bits per heavy atom. The van der Waals surface area contributed by atoms with Crippen LogP contribution in [0.1, 0.15) is 16.8 Å². The largest absolute Gasteiger partial charge is 0.374 e. The van der Waals surface area contributed by atoms with Crippen molar-refractivity contribution in [2.24, 2.45) is 0 Å². The van der Waals surface area contributed by atoms with Gasteiger partial charge in [-0.2, -0.15) is 0 Å². The number of aryl methyl sites for hydroxylation is 1. The maximum absolute atomic E-state index is 11.8. The van der Waals surface area contributed by atoms with Gasteiger partial charge in [-0.05, 0) is 6.42 Å². The van der Waals surface area contributed by atoms with Crippen LogP contribution in [0.15, 0.2) is 10.5 Å². The third-order valence-electron chi connectivity index (χ3n) is 2.02. The minimum atomic E-state index is -3.65. The Kier molecular flexibility index (Phi) is 3.90. The number of anilines is 1. The van der Waals surface area contributed by atoms with Crippen molar-refractivity contribution in [2.45, 2.75) is 24.2 Å². The Labute approximate surface area is 112 Å². The molecule has 0 aromatic carbocycles. The van der Waals surface area contributed by atoms with E-state index in [9.17, 15) is 8.42 Å². The number of hydrogen-bond acceptors (Lipinski definition) is 8. The first kappa shape index (κ1) is 13.3. The average molecular weight is 305 g/mol. The van der Waals surface area contributed by atoms with Crippen molar-refractivity contribution in [1.82, 2.24) is 19.9 Å². The van der Waals surface area contributed by atoms with Crippen LogP contribution in [0.2, 0.25) is 0 Å². The second-order valence-electron chi connectivity index (χ2n) is 3.30. The van der Waals surface area contributed by atoms with Gasteiger partial charge in [-0.25, -0.2) is 18.1 Å². The van der Waals surface area contributed by atoms with E-state index in [4.69, 9.17) is 5.73 Å². The number of nitrogens with zero attached hydrogens (tertiary/aromatic N) is 3. The third kappa shape index (κ3) is 3.02. The average Bonchev–Trinajstić information content (AvgIpc) is 2.95. The highest BCUT2D eigenvalue weighted by atomic mass is 32.2. The summed E-state index contributed by atoms with van der Waals surface area (Å²) in [5, 5.41) is 7.81. The van der Waals surface area contributed by atoms with Gasteiger partial charge in [0.05, 0.1) is 6.54 Å². The van der Waals surface area contributed by atoms with E-state index in [1.54, 1.807) is 6.20 Å². The van der Waals surface area contributed by atoms with E-state index in [2.05, 4.69) is 19.9 Å². The maximum atomic E-state index is 11.8. The topological polar surface area (TPSA) is 111 Å². The number of rotatable bonds is 5. The first-order valence-electron chi connectivity index (χ1n) is 5.03. The summed E-state index contributed by atoms with van der Waals surface area (Å²) < 4.78 is 25.9. The third-order valence-corrected chi connectivity index (χ3v) is 5.68. The molecule has 10 heteroatoms. The first-order valence-corrected chi connectivity index (χ1v) is 8.15. The SMILES string of the molecule is CCc1cnc(CNS(=O)(=O)c2nnc(N)s2)s1. The molecule has 98 valence electrons. The highest BCUT2D eigenvalue weighted by molar-refractivity contribution is 7.91. The van der Waals surface area contributed by atoms with Crippen LogP contribution in [0.5, 0.6) is 0 Å². The van der Waals surface area contributed by atoms with Gasteiger partial charge < -0.3 is 5.73 Å². The van der Waals surface area contributed by atoms with E-state index in [0.29, 0.717) is 5.01 Å². The van der Waals surface area contributed by atoms with Crippen LogP contribution in [0.25, 0.3) is 0 Å². The summed E-state index contributed by atoms with van der Waals surface area (Å²) in [6.07, 6.45) is 2.63. The second kappa shape index (κ2) is 5.26. The molecular formula is C8H11N5O2S3. The Bertz CT molecular complexity index is 633. The molecule has 0 saturated carbocycles. The predicted octanol–water partition coefficient (Wildman–Crippen LogP) is 0.618. The molecular weight excluding hydrogens is 294 g/mol. The normalized spacial score (nSPS) is 11.8. The highest BCUT2D eigenvalue weighted by Crippen LogP contribution is 2.18. The van der Waals surface area contributed by atoms with Crippen LogP contribution in [-0.2, 0) is 23.0 Å². The molecule has 0 spiro atoms. The maximum Gasteiger partial charge on any atom is 0.270 e. The number of hydrogen-bond donors (Lipinski definition) is 2. The van der Waals surface area contributed by atoms with E-state index in [-0.39, 0.29) is 16.0 Å². The van der Waals surface area contributed by atoms with Gasteiger partial charge in [0.25, 0.3) is 10.0 Å². The summed E-state index contributed by atoms with van der Waals surface area (Å²) in [7, 11) is -3.65. The lowest BCUT2D eigenvalue weighted by Gasteiger charge is -1.99. The van der Waals surface area contributed by atoms with Crippen molar-refractivity contribution in [1.29, 1.82) is 0 Å². The summed E-state index contributed by atoms with van der Waals surface area (Å²) >= 11 is 2.31. The summed E-state index contributed by atoms with van der Waals surface area (Å²) in [6, 6.07) is 0. The van der Waals surface area contributed by atoms with Crippen molar-refractivity contribution < 1.29 is 8.42 Å². The minimum Gasteiger partial charge on any atom is -0.374 e. The van der Waals surface area contributed by atoms with E-state index >= 15 is 0 Å². The molecule has 0 atom stereocenters. The van der Waals surface area contributed by atoms with Gasteiger partial charge in [0.15, 0.2) is 0 Å². The summed E-state index contributed by atoms with van der Waals surface area (Å²) in [5.41, 5.74) is 5.35. The van der Waals surface area contributed by atoms with Gasteiger partial charge in [-0.3, -0.25) is 0 Å². The minimum absolute atomic E-state index is 0.123. The molecule has 2 aromatic rings. The van der Waals surface area contributed by atoms with Crippen molar-refractivity contribution in [3.8, 4) is 0 Å². The number of nitrogens with one attached hydrogen (secondary N) is 1. The molecule has 0 aliphatic rings. The molecule has 0 fully saturated rings. The highest BCUT2D eigenvalue weighted by Gasteiger charge is 2.19. The molecule has 0 aliphatic carbocycles. The van der Waals surface area contributed by atoms with E-state index in [1.165, 1.54) is 11.3 Å². The lowest BCUT2D eigenvalue weighted by molar-refractivity contribution is 0.579. The van der Waals surface area contributed by atoms with Crippen LogP contribution in [-0.4, -0.2) is 23.6 Å². The molecule has 0 radical (unpaired) electrons.